The second kappa shape index (κ2) is 4.67. The molecule has 90 valence electrons. The van der Waals surface area contributed by atoms with Crippen molar-refractivity contribution in [3.8, 4) is 0 Å². The molecular weight excluding hydrogens is 232 g/mol. The molecule has 0 saturated heterocycles. The summed E-state index contributed by atoms with van der Waals surface area (Å²) in [6.07, 6.45) is 1.36. The summed E-state index contributed by atoms with van der Waals surface area (Å²) >= 11 is 0. The molecule has 0 aromatic carbocycles. The van der Waals surface area contributed by atoms with E-state index in [4.69, 9.17) is 4.74 Å². The van der Waals surface area contributed by atoms with Gasteiger partial charge in [0.1, 0.15) is 10.6 Å². The van der Waals surface area contributed by atoms with Crippen LogP contribution in [0.5, 0.6) is 0 Å². The molecule has 0 amide bonds. The van der Waals surface area contributed by atoms with Crippen molar-refractivity contribution in [2.45, 2.75) is 11.8 Å². The van der Waals surface area contributed by atoms with E-state index in [9.17, 15) is 13.2 Å². The van der Waals surface area contributed by atoms with Crippen LogP contribution in [0, 0.1) is 0 Å². The second-order valence-corrected chi connectivity index (χ2v) is 4.99. The Bertz CT molecular complexity index is 490. The highest BCUT2D eigenvalue weighted by Gasteiger charge is 2.19. The first-order valence-electron chi connectivity index (χ1n) is 4.69. The number of hydrogen-bond acceptors (Lipinski definition) is 4. The Morgan fingerprint density at radius 2 is 2.19 bits per heavy atom. The zero-order chi connectivity index (χ0) is 12.3. The fourth-order valence-corrected chi connectivity index (χ4v) is 2.01. The van der Waals surface area contributed by atoms with Gasteiger partial charge in [-0.1, -0.05) is 0 Å². The van der Waals surface area contributed by atoms with Gasteiger partial charge in [0.05, 0.1) is 6.61 Å². The highest BCUT2D eigenvalue weighted by Crippen LogP contribution is 2.13. The number of nitrogens with one attached hydrogen (secondary N) is 1. The van der Waals surface area contributed by atoms with Crippen molar-refractivity contribution in [3.05, 3.63) is 18.0 Å². The lowest BCUT2D eigenvalue weighted by molar-refractivity contribution is 0.0515. The molecule has 1 aromatic heterocycles. The predicted octanol–water partition coefficient (Wildman–Crippen LogP) is 0.110. The molecule has 0 spiro atoms. The van der Waals surface area contributed by atoms with Gasteiger partial charge in [0.25, 0.3) is 0 Å². The number of esters is 1. The Morgan fingerprint density at radius 3 is 2.69 bits per heavy atom. The molecule has 1 N–H and O–H groups in total. The number of aryl methyl sites for hydroxylation is 1. The van der Waals surface area contributed by atoms with Crippen molar-refractivity contribution >= 4 is 16.0 Å². The molecule has 0 radical (unpaired) electrons. The van der Waals surface area contributed by atoms with Crippen molar-refractivity contribution in [1.29, 1.82) is 0 Å². The van der Waals surface area contributed by atoms with Gasteiger partial charge >= 0.3 is 5.97 Å². The number of carbonyl (C=O) groups is 1. The lowest BCUT2D eigenvalue weighted by Gasteiger charge is -2.01. The number of sulfonamides is 1. The number of hydrogen-bond donors (Lipinski definition) is 1. The van der Waals surface area contributed by atoms with E-state index in [0.717, 1.165) is 0 Å². The molecule has 0 atom stereocenters. The summed E-state index contributed by atoms with van der Waals surface area (Å²) in [5.41, 5.74) is 0.204. The molecule has 1 aromatic rings. The summed E-state index contributed by atoms with van der Waals surface area (Å²) in [6.45, 7) is 1.93. The Balaban J connectivity index is 3.13. The summed E-state index contributed by atoms with van der Waals surface area (Å²) in [6, 6.07) is 1.28. The number of carbonyl (C=O) groups excluding carboxylic acids is 1. The Labute approximate surface area is 94.3 Å². The van der Waals surface area contributed by atoms with Crippen molar-refractivity contribution < 1.29 is 17.9 Å². The number of nitrogens with zero attached hydrogens (tertiary/aromatic N) is 1. The van der Waals surface area contributed by atoms with Crippen molar-refractivity contribution in [3.63, 3.8) is 0 Å². The van der Waals surface area contributed by atoms with Gasteiger partial charge in [-0.25, -0.2) is 17.9 Å². The van der Waals surface area contributed by atoms with E-state index in [1.807, 2.05) is 0 Å². The van der Waals surface area contributed by atoms with Crippen LogP contribution in [0.1, 0.15) is 17.4 Å². The maximum atomic E-state index is 11.5. The van der Waals surface area contributed by atoms with Crippen LogP contribution < -0.4 is 4.72 Å². The summed E-state index contributed by atoms with van der Waals surface area (Å²) in [5.74, 6) is -0.539. The quantitative estimate of drug-likeness (QED) is 0.765. The standard InChI is InChI=1S/C9H14N2O4S/c1-4-15-9(12)8-5-7(6-11(8)3)16(13,14)10-2/h5-6,10H,4H2,1-3H3. The molecule has 1 heterocycles. The summed E-state index contributed by atoms with van der Waals surface area (Å²) in [4.78, 5) is 11.5. The average molecular weight is 246 g/mol. The number of ether oxygens (including phenoxy) is 1. The van der Waals surface area contributed by atoms with Gasteiger partial charge in [0.2, 0.25) is 10.0 Å². The monoisotopic (exact) mass is 246 g/mol. The van der Waals surface area contributed by atoms with Gasteiger partial charge in [-0.15, -0.1) is 0 Å². The van der Waals surface area contributed by atoms with Crippen molar-refractivity contribution in [1.82, 2.24) is 9.29 Å². The maximum Gasteiger partial charge on any atom is 0.354 e. The van der Waals surface area contributed by atoms with Crippen LogP contribution in [-0.4, -0.2) is 32.6 Å². The van der Waals surface area contributed by atoms with Gasteiger partial charge < -0.3 is 9.30 Å². The summed E-state index contributed by atoms with van der Waals surface area (Å²) < 4.78 is 31.3. The molecule has 7 heteroatoms. The first-order valence-corrected chi connectivity index (χ1v) is 6.17. The molecule has 1 rings (SSSR count). The van der Waals surface area contributed by atoms with Crippen LogP contribution in [0.15, 0.2) is 17.2 Å². The van der Waals surface area contributed by atoms with E-state index < -0.39 is 16.0 Å². The van der Waals surface area contributed by atoms with Crippen LogP contribution in [0.2, 0.25) is 0 Å². The molecule has 0 aliphatic carbocycles. The van der Waals surface area contributed by atoms with E-state index in [-0.39, 0.29) is 17.2 Å². The summed E-state index contributed by atoms with van der Waals surface area (Å²) in [7, 11) is -0.631. The largest absolute Gasteiger partial charge is 0.461 e. The van der Waals surface area contributed by atoms with Gasteiger partial charge in [-0.2, -0.15) is 0 Å². The molecular formula is C9H14N2O4S. The Kier molecular flexibility index (Phi) is 3.71. The molecule has 0 bridgehead atoms. The SMILES string of the molecule is CCOC(=O)c1cc(S(=O)(=O)NC)cn1C. The van der Waals surface area contributed by atoms with E-state index in [0.29, 0.717) is 0 Å². The smallest absolute Gasteiger partial charge is 0.354 e. The first kappa shape index (κ1) is 12.7. The Hall–Kier alpha value is -1.34. The lowest BCUT2D eigenvalue weighted by atomic mass is 10.4. The number of aromatic nitrogens is 1. The third-order valence-corrected chi connectivity index (χ3v) is 3.42. The molecule has 0 unspecified atom stereocenters. The maximum absolute atomic E-state index is 11.5. The third-order valence-electron chi connectivity index (χ3n) is 2.04. The van der Waals surface area contributed by atoms with Gasteiger partial charge in [0, 0.05) is 13.2 Å². The Morgan fingerprint density at radius 1 is 1.56 bits per heavy atom. The van der Waals surface area contributed by atoms with Crippen molar-refractivity contribution in [2.24, 2.45) is 7.05 Å². The topological polar surface area (TPSA) is 77.4 Å². The van der Waals surface area contributed by atoms with E-state index in [2.05, 4.69) is 4.72 Å². The van der Waals surface area contributed by atoms with Crippen LogP contribution >= 0.6 is 0 Å². The minimum absolute atomic E-state index is 0.0422. The molecule has 0 aliphatic heterocycles. The van der Waals surface area contributed by atoms with Gasteiger partial charge in [-0.05, 0) is 20.0 Å². The number of rotatable bonds is 4. The third kappa shape index (κ3) is 2.42. The zero-order valence-electron chi connectivity index (χ0n) is 9.35. The summed E-state index contributed by atoms with van der Waals surface area (Å²) in [5, 5.41) is 0. The van der Waals surface area contributed by atoms with Crippen LogP contribution in [-0.2, 0) is 21.8 Å². The van der Waals surface area contributed by atoms with Crippen molar-refractivity contribution in [2.75, 3.05) is 13.7 Å². The fourth-order valence-electron chi connectivity index (χ4n) is 1.21. The van der Waals surface area contributed by atoms with E-state index in [1.165, 1.54) is 23.9 Å². The predicted molar refractivity (Wildman–Crippen MR) is 57.6 cm³/mol. The normalized spacial score (nSPS) is 11.4. The minimum atomic E-state index is -3.53. The van der Waals surface area contributed by atoms with Gasteiger partial charge in [-0.3, -0.25) is 0 Å². The minimum Gasteiger partial charge on any atom is -0.461 e. The van der Waals surface area contributed by atoms with E-state index in [1.54, 1.807) is 14.0 Å². The fraction of sp³-hybridized carbons (Fsp3) is 0.444. The highest BCUT2D eigenvalue weighted by atomic mass is 32.2. The van der Waals surface area contributed by atoms with Gasteiger partial charge in [0.15, 0.2) is 0 Å². The second-order valence-electron chi connectivity index (χ2n) is 3.10. The van der Waals surface area contributed by atoms with Crippen LogP contribution in [0.3, 0.4) is 0 Å². The molecule has 0 fully saturated rings. The zero-order valence-corrected chi connectivity index (χ0v) is 10.2. The first-order chi connectivity index (χ1) is 7.42. The lowest BCUT2D eigenvalue weighted by Crippen LogP contribution is -2.17. The molecule has 16 heavy (non-hydrogen) atoms. The van der Waals surface area contributed by atoms with E-state index >= 15 is 0 Å². The molecule has 0 aliphatic rings. The highest BCUT2D eigenvalue weighted by molar-refractivity contribution is 7.89. The molecule has 0 saturated carbocycles. The molecule has 6 nitrogen and oxygen atoms in total. The average Bonchev–Trinajstić information content (AvgIpc) is 2.61. The van der Waals surface area contributed by atoms with Crippen LogP contribution in [0.25, 0.3) is 0 Å². The van der Waals surface area contributed by atoms with Crippen LogP contribution in [0.4, 0.5) is 0 Å².